The Labute approximate surface area is 140 Å². The molecule has 23 heavy (non-hydrogen) atoms. The van der Waals surface area contributed by atoms with Crippen molar-refractivity contribution in [3.8, 4) is 0 Å². The number of ether oxygens (including phenoxy) is 1. The molecule has 2 rings (SSSR count). The van der Waals surface area contributed by atoms with Gasteiger partial charge in [-0.2, -0.15) is 0 Å². The van der Waals surface area contributed by atoms with Crippen LogP contribution < -0.4 is 0 Å². The predicted octanol–water partition coefficient (Wildman–Crippen LogP) is 4.07. The zero-order chi connectivity index (χ0) is 17.5. The molecule has 0 saturated heterocycles. The van der Waals surface area contributed by atoms with Crippen molar-refractivity contribution in [3.63, 3.8) is 0 Å². The summed E-state index contributed by atoms with van der Waals surface area (Å²) in [4.78, 5) is 24.7. The first-order valence-corrected chi connectivity index (χ1v) is 11.5. The van der Waals surface area contributed by atoms with E-state index in [1.807, 2.05) is 6.08 Å². The minimum absolute atomic E-state index is 0.0978. The SMILES string of the molecule is CCOC(=O)[C@]1(/C=C/O[Si](C)(C)C(C)(C)C)[C@@H]2C(=O)CCC[C@@H]21. The van der Waals surface area contributed by atoms with E-state index in [9.17, 15) is 9.59 Å². The van der Waals surface area contributed by atoms with Gasteiger partial charge in [-0.15, -0.1) is 0 Å². The molecule has 130 valence electrons. The summed E-state index contributed by atoms with van der Waals surface area (Å²) in [5.41, 5.74) is -0.772. The molecule has 0 heterocycles. The first-order chi connectivity index (χ1) is 10.6. The summed E-state index contributed by atoms with van der Waals surface area (Å²) in [6.07, 6.45) is 5.88. The lowest BCUT2D eigenvalue weighted by Crippen LogP contribution is -2.39. The van der Waals surface area contributed by atoms with E-state index in [1.165, 1.54) is 0 Å². The molecule has 5 heteroatoms. The second kappa shape index (κ2) is 6.08. The number of rotatable bonds is 5. The monoisotopic (exact) mass is 338 g/mol. The van der Waals surface area contributed by atoms with E-state index in [0.29, 0.717) is 13.0 Å². The Bertz CT molecular complexity index is 518. The van der Waals surface area contributed by atoms with Gasteiger partial charge in [0.2, 0.25) is 8.32 Å². The van der Waals surface area contributed by atoms with E-state index in [2.05, 4.69) is 33.9 Å². The summed E-state index contributed by atoms with van der Waals surface area (Å²) >= 11 is 0. The number of hydrogen-bond acceptors (Lipinski definition) is 4. The second-order valence-corrected chi connectivity index (χ2v) is 13.0. The van der Waals surface area contributed by atoms with Gasteiger partial charge < -0.3 is 9.16 Å². The first kappa shape index (κ1) is 18.2. The third kappa shape index (κ3) is 3.12. The maximum Gasteiger partial charge on any atom is 0.317 e. The molecule has 0 aromatic heterocycles. The third-order valence-electron chi connectivity index (χ3n) is 5.85. The quantitative estimate of drug-likeness (QED) is 0.431. The van der Waals surface area contributed by atoms with Crippen LogP contribution in [0.1, 0.15) is 47.0 Å². The summed E-state index contributed by atoms with van der Waals surface area (Å²) in [6.45, 7) is 13.0. The highest BCUT2D eigenvalue weighted by molar-refractivity contribution is 6.74. The van der Waals surface area contributed by atoms with Crippen molar-refractivity contribution < 1.29 is 18.8 Å². The van der Waals surface area contributed by atoms with Gasteiger partial charge in [0.25, 0.3) is 0 Å². The van der Waals surface area contributed by atoms with Crippen LogP contribution in [-0.2, 0) is 18.8 Å². The van der Waals surface area contributed by atoms with E-state index in [1.54, 1.807) is 13.2 Å². The third-order valence-corrected chi connectivity index (χ3v) is 10.2. The van der Waals surface area contributed by atoms with Crippen LogP contribution in [-0.4, -0.2) is 26.7 Å². The average Bonchev–Trinajstić information content (AvgIpc) is 3.08. The Kier molecular flexibility index (Phi) is 4.82. The van der Waals surface area contributed by atoms with Gasteiger partial charge in [0.15, 0.2) is 0 Å². The van der Waals surface area contributed by atoms with Gasteiger partial charge >= 0.3 is 5.97 Å². The smallest absolute Gasteiger partial charge is 0.317 e. The van der Waals surface area contributed by atoms with E-state index in [0.717, 1.165) is 12.8 Å². The van der Waals surface area contributed by atoms with Crippen molar-refractivity contribution in [2.75, 3.05) is 6.61 Å². The summed E-state index contributed by atoms with van der Waals surface area (Å²) in [7, 11) is -1.92. The van der Waals surface area contributed by atoms with Crippen LogP contribution in [0.15, 0.2) is 12.3 Å². The Morgan fingerprint density at radius 2 is 2.04 bits per heavy atom. The van der Waals surface area contributed by atoms with Crippen LogP contribution in [0.2, 0.25) is 18.1 Å². The maximum atomic E-state index is 12.5. The number of Topliss-reactive ketones (excluding diaryl/α,β-unsaturated/α-hetero) is 1. The minimum atomic E-state index is -1.92. The number of fused-ring (bicyclic) bond motifs is 1. The Hall–Kier alpha value is -1.10. The molecule has 2 aliphatic carbocycles. The zero-order valence-corrected chi connectivity index (χ0v) is 16.3. The average molecular weight is 339 g/mol. The standard InChI is InChI=1S/C18H30O4Si/c1-7-21-16(20)18(13-9-8-10-14(19)15(13)18)11-12-22-23(5,6)17(2,3)4/h11-13,15H,7-10H2,1-6H3/b12-11+/t13-,15-,18-/m0/s1. The molecule has 0 radical (unpaired) electrons. The van der Waals surface area contributed by atoms with Crippen molar-refractivity contribution in [2.45, 2.75) is 65.1 Å². The van der Waals surface area contributed by atoms with Gasteiger partial charge in [0.1, 0.15) is 11.2 Å². The maximum absolute atomic E-state index is 12.5. The molecule has 0 N–H and O–H groups in total. The van der Waals surface area contributed by atoms with Crippen molar-refractivity contribution in [2.24, 2.45) is 17.3 Å². The van der Waals surface area contributed by atoms with Gasteiger partial charge in [-0.3, -0.25) is 9.59 Å². The largest absolute Gasteiger partial charge is 0.549 e. The van der Waals surface area contributed by atoms with Gasteiger partial charge in [0.05, 0.1) is 12.9 Å². The molecule has 2 saturated carbocycles. The lowest BCUT2D eigenvalue weighted by atomic mass is 10.00. The van der Waals surface area contributed by atoms with E-state index in [-0.39, 0.29) is 28.6 Å². The first-order valence-electron chi connectivity index (χ1n) is 8.63. The number of carbonyl (C=O) groups excluding carboxylic acids is 2. The highest BCUT2D eigenvalue weighted by Gasteiger charge is 2.72. The molecule has 0 bridgehead atoms. The predicted molar refractivity (Wildman–Crippen MR) is 92.3 cm³/mol. The molecule has 0 amide bonds. The van der Waals surface area contributed by atoms with Crippen molar-refractivity contribution >= 4 is 20.1 Å². The minimum Gasteiger partial charge on any atom is -0.549 e. The van der Waals surface area contributed by atoms with Crippen LogP contribution in [0.25, 0.3) is 0 Å². The van der Waals surface area contributed by atoms with Crippen LogP contribution in [0.5, 0.6) is 0 Å². The van der Waals surface area contributed by atoms with Crippen LogP contribution in [0.4, 0.5) is 0 Å². The number of hydrogen-bond donors (Lipinski definition) is 0. The molecular formula is C18H30O4Si. The summed E-state index contributed by atoms with van der Waals surface area (Å²) in [5, 5.41) is 0.0978. The number of carbonyl (C=O) groups is 2. The fourth-order valence-electron chi connectivity index (χ4n) is 3.35. The van der Waals surface area contributed by atoms with E-state index in [4.69, 9.17) is 9.16 Å². The Morgan fingerprint density at radius 3 is 2.57 bits per heavy atom. The van der Waals surface area contributed by atoms with Gasteiger partial charge in [-0.25, -0.2) is 0 Å². The van der Waals surface area contributed by atoms with Gasteiger partial charge in [0, 0.05) is 12.3 Å². The van der Waals surface area contributed by atoms with Gasteiger partial charge in [-0.1, -0.05) is 20.8 Å². The summed E-state index contributed by atoms with van der Waals surface area (Å²) < 4.78 is 11.4. The molecule has 0 aliphatic heterocycles. The fraction of sp³-hybridized carbons (Fsp3) is 0.778. The van der Waals surface area contributed by atoms with E-state index >= 15 is 0 Å². The highest BCUT2D eigenvalue weighted by Crippen LogP contribution is 2.65. The normalized spacial score (nSPS) is 31.0. The number of esters is 1. The van der Waals surface area contributed by atoms with Crippen LogP contribution in [0, 0.1) is 17.3 Å². The van der Waals surface area contributed by atoms with Crippen LogP contribution in [0.3, 0.4) is 0 Å². The molecular weight excluding hydrogens is 308 g/mol. The zero-order valence-electron chi connectivity index (χ0n) is 15.3. The molecule has 0 unspecified atom stereocenters. The molecule has 2 fully saturated rings. The molecule has 4 nitrogen and oxygen atoms in total. The lowest BCUT2D eigenvalue weighted by molar-refractivity contribution is -0.149. The molecule has 0 aromatic carbocycles. The van der Waals surface area contributed by atoms with Crippen molar-refractivity contribution in [1.29, 1.82) is 0 Å². The van der Waals surface area contributed by atoms with Crippen molar-refractivity contribution in [3.05, 3.63) is 12.3 Å². The molecule has 2 aliphatic rings. The second-order valence-electron chi connectivity index (χ2n) is 8.28. The highest BCUT2D eigenvalue weighted by atomic mass is 28.4. The summed E-state index contributed by atoms with van der Waals surface area (Å²) in [6, 6.07) is 0. The van der Waals surface area contributed by atoms with Gasteiger partial charge in [-0.05, 0) is 49.9 Å². The fourth-order valence-corrected chi connectivity index (χ4v) is 4.11. The van der Waals surface area contributed by atoms with E-state index < -0.39 is 13.7 Å². The van der Waals surface area contributed by atoms with Crippen LogP contribution >= 0.6 is 0 Å². The lowest BCUT2D eigenvalue weighted by Gasteiger charge is -2.35. The topological polar surface area (TPSA) is 52.6 Å². The molecule has 3 atom stereocenters. The van der Waals surface area contributed by atoms with Crippen molar-refractivity contribution in [1.82, 2.24) is 0 Å². The molecule has 0 spiro atoms. The Morgan fingerprint density at radius 1 is 1.39 bits per heavy atom. The number of ketones is 1. The Balaban J connectivity index is 2.19. The summed E-state index contributed by atoms with van der Waals surface area (Å²) in [5.74, 6) is -0.164. The molecule has 0 aromatic rings.